The second-order valence-corrected chi connectivity index (χ2v) is 15.2. The Morgan fingerprint density at radius 3 is 1.66 bits per heavy atom. The van der Waals surface area contributed by atoms with E-state index in [9.17, 15) is 19.2 Å². The number of pyridine rings is 4. The molecule has 0 aliphatic rings. The summed E-state index contributed by atoms with van der Waals surface area (Å²) in [5.74, 6) is -1.91. The van der Waals surface area contributed by atoms with Crippen LogP contribution in [0.15, 0.2) is 58.9 Å². The fourth-order valence-corrected chi connectivity index (χ4v) is 5.62. The maximum atomic E-state index is 13.2. The second-order valence-electron chi connectivity index (χ2n) is 12.0. The molecule has 0 radical (unpaired) electrons. The number of carbonyl (C=O) groups excluding carboxylic acids is 3. The van der Waals surface area contributed by atoms with Crippen LogP contribution in [-0.4, -0.2) is 62.3 Å². The maximum absolute atomic E-state index is 13.2. The van der Waals surface area contributed by atoms with Crippen LogP contribution in [0, 0.1) is 11.8 Å². The number of alkyl halides is 1. The van der Waals surface area contributed by atoms with Gasteiger partial charge in [0, 0.05) is 43.7 Å². The minimum atomic E-state index is -0.559. The van der Waals surface area contributed by atoms with E-state index < -0.39 is 34.9 Å². The number of ether oxygens (including phenoxy) is 2. The van der Waals surface area contributed by atoms with Crippen LogP contribution in [0.3, 0.4) is 0 Å². The topological polar surface area (TPSA) is 234 Å². The van der Waals surface area contributed by atoms with E-state index in [4.69, 9.17) is 65.9 Å². The number of halogens is 5. The summed E-state index contributed by atoms with van der Waals surface area (Å²) < 4.78 is 13.6. The predicted molar refractivity (Wildman–Crippen MR) is 230 cm³/mol. The minimum absolute atomic E-state index is 0. The molecule has 0 aliphatic carbocycles. The molecule has 6 rings (SSSR count). The van der Waals surface area contributed by atoms with Crippen LogP contribution < -0.4 is 129 Å². The molecule has 0 aliphatic heterocycles. The van der Waals surface area contributed by atoms with Crippen molar-refractivity contribution in [3.05, 3.63) is 90.1 Å². The van der Waals surface area contributed by atoms with Gasteiger partial charge in [-0.3, -0.25) is 38.5 Å². The van der Waals surface area contributed by atoms with Crippen molar-refractivity contribution in [3.63, 3.8) is 0 Å². The fraction of sp³-hybridized carbons (Fsp3) is 0.270. The zero-order valence-electron chi connectivity index (χ0n) is 35.0. The monoisotopic (exact) mass is 1080 g/mol. The first-order valence-electron chi connectivity index (χ1n) is 17.1. The van der Waals surface area contributed by atoms with Crippen LogP contribution >= 0.6 is 69.0 Å². The molecule has 0 atom stereocenters. The Labute approximate surface area is 468 Å². The fourth-order valence-electron chi connectivity index (χ4n) is 4.67. The number of hydrogen-bond acceptors (Lipinski definition) is 15. The van der Waals surface area contributed by atoms with Crippen molar-refractivity contribution in [1.29, 1.82) is 0 Å². The summed E-state index contributed by atoms with van der Waals surface area (Å²) in [6, 6.07) is 2.91. The van der Waals surface area contributed by atoms with Gasteiger partial charge in [-0.15, -0.1) is 0 Å². The number of esters is 2. The van der Waals surface area contributed by atoms with Crippen LogP contribution in [0.4, 0.5) is 0 Å². The number of aromatic nitrogens is 8. The quantitative estimate of drug-likeness (QED) is 0.0426. The molecular weight excluding hydrogens is 1050 g/mol. The van der Waals surface area contributed by atoms with Crippen molar-refractivity contribution in [2.45, 2.75) is 48.1 Å². The van der Waals surface area contributed by atoms with E-state index in [0.717, 1.165) is 0 Å². The van der Waals surface area contributed by atoms with Gasteiger partial charge in [0.2, 0.25) is 0 Å². The van der Waals surface area contributed by atoms with E-state index in [1.54, 1.807) is 34.6 Å². The van der Waals surface area contributed by atoms with Gasteiger partial charge in [-0.2, -0.15) is 0 Å². The SMILES string of the molecule is CC(C)C(=O)Oc1c(-c2ncc(Cl)cc2Cl)c(=O)[nH]c2nccnc12.CCI.CCn1c(=O)c(-c2ncc(Cl)cc2Cl)c(OC(=O)C(C)C)c2nccnc21.O=CO[O-].[H-].[K+].[K+]. The first-order valence-corrected chi connectivity index (χ1v) is 20.2. The third-order valence-corrected chi connectivity index (χ3v) is 8.22. The number of hydrogen-bond donors (Lipinski definition) is 1. The molecule has 17 nitrogen and oxygen atoms in total. The van der Waals surface area contributed by atoms with Gasteiger partial charge in [0.25, 0.3) is 17.6 Å². The van der Waals surface area contributed by atoms with Gasteiger partial charge >= 0.3 is 115 Å². The smallest absolute Gasteiger partial charge is 1.00 e. The number of carbonyl (C=O) groups is 3. The maximum Gasteiger partial charge on any atom is 1.00 e. The van der Waals surface area contributed by atoms with Crippen LogP contribution in [0.25, 0.3) is 44.8 Å². The third kappa shape index (κ3) is 15.5. The van der Waals surface area contributed by atoms with Crippen molar-refractivity contribution in [2.75, 3.05) is 4.43 Å². The Morgan fingerprint density at radius 1 is 0.787 bits per heavy atom. The predicted octanol–water partition coefficient (Wildman–Crippen LogP) is 0.986. The number of H-pyrrole nitrogens is 1. The molecule has 0 fully saturated rings. The number of nitrogens with one attached hydrogen (secondary N) is 1. The average molecular weight is 1080 g/mol. The van der Waals surface area contributed by atoms with Crippen LogP contribution in [0.5, 0.6) is 11.5 Å². The van der Waals surface area contributed by atoms with Crippen molar-refractivity contribution in [3.8, 4) is 34.0 Å². The number of fused-ring (bicyclic) bond motifs is 2. The Kier molecular flexibility index (Phi) is 26.7. The molecule has 0 aromatic carbocycles. The molecule has 0 saturated carbocycles. The second kappa shape index (κ2) is 28.3. The van der Waals surface area contributed by atoms with Gasteiger partial charge in [-0.05, 0) is 23.5 Å². The molecule has 0 spiro atoms. The van der Waals surface area contributed by atoms with Gasteiger partial charge in [-0.1, -0.05) is 104 Å². The van der Waals surface area contributed by atoms with E-state index in [2.05, 4.69) is 69.3 Å². The Morgan fingerprint density at radius 2 is 1.21 bits per heavy atom. The summed E-state index contributed by atoms with van der Waals surface area (Å²) in [5.41, 5.74) is 0.320. The van der Waals surface area contributed by atoms with Crippen molar-refractivity contribution in [1.82, 2.24) is 39.5 Å². The van der Waals surface area contributed by atoms with Crippen molar-refractivity contribution in [2.24, 2.45) is 11.8 Å². The third-order valence-electron chi connectivity index (χ3n) is 7.23. The molecule has 0 saturated heterocycles. The number of aromatic amines is 1. The molecule has 6 aromatic heterocycles. The van der Waals surface area contributed by atoms with E-state index in [1.807, 2.05) is 0 Å². The number of aryl methyl sites for hydroxylation is 1. The molecule has 24 heteroatoms. The Bertz CT molecular complexity index is 2600. The van der Waals surface area contributed by atoms with Crippen molar-refractivity contribution < 1.29 is 138 Å². The summed E-state index contributed by atoms with van der Waals surface area (Å²) in [5, 5.41) is 9.36. The van der Waals surface area contributed by atoms with E-state index in [0.29, 0.717) is 22.2 Å². The zero-order valence-corrected chi connectivity index (χ0v) is 45.4. The van der Waals surface area contributed by atoms with E-state index in [1.165, 1.54) is 58.3 Å². The normalized spacial score (nSPS) is 10.1. The van der Waals surface area contributed by atoms with E-state index in [-0.39, 0.29) is 171 Å². The summed E-state index contributed by atoms with van der Waals surface area (Å²) in [6.45, 7) is 10.8. The molecule has 1 N–H and O–H groups in total. The van der Waals surface area contributed by atoms with Gasteiger partial charge in [0.15, 0.2) is 22.8 Å². The molecular formula is C37H35Cl4IK2N8O9. The van der Waals surface area contributed by atoms with Crippen LogP contribution in [0.1, 0.15) is 43.0 Å². The Balaban J connectivity index is 0.00000100. The number of rotatable bonds is 8. The summed E-state index contributed by atoms with van der Waals surface area (Å²) in [7, 11) is 0. The van der Waals surface area contributed by atoms with E-state index >= 15 is 0 Å². The van der Waals surface area contributed by atoms with Gasteiger partial charge in [0.1, 0.15) is 22.2 Å². The summed E-state index contributed by atoms with van der Waals surface area (Å²) in [6.07, 6.45) is 8.48. The number of nitrogens with zero attached hydrogens (tertiary/aromatic N) is 7. The zero-order chi connectivity index (χ0) is 44.0. The van der Waals surface area contributed by atoms with Crippen LogP contribution in [-0.2, 0) is 25.8 Å². The van der Waals surface area contributed by atoms with Gasteiger partial charge in [-0.25, -0.2) is 19.9 Å². The first kappa shape index (κ1) is 57.4. The molecule has 6 heterocycles. The van der Waals surface area contributed by atoms with Crippen molar-refractivity contribution >= 4 is 110 Å². The summed E-state index contributed by atoms with van der Waals surface area (Å²) in [4.78, 5) is 89.1. The molecule has 314 valence electrons. The van der Waals surface area contributed by atoms with Gasteiger partial charge in [0.05, 0.1) is 43.3 Å². The van der Waals surface area contributed by atoms with Crippen LogP contribution in [0.2, 0.25) is 20.1 Å². The average Bonchev–Trinajstić information content (AvgIpc) is 3.19. The largest absolute Gasteiger partial charge is 1.00 e. The minimum Gasteiger partial charge on any atom is -1.00 e. The molecule has 0 unspecified atom stereocenters. The Hall–Kier alpha value is -1.59. The molecule has 0 bridgehead atoms. The van der Waals surface area contributed by atoms with Gasteiger partial charge < -0.3 is 26.0 Å². The standard InChI is InChI=1S/C18H16Cl2N4O3.C16H12Cl2N4O3.C2H5I.CH2O3.2K.H/c1-4-24-16-14(21-5-6-22-16)15(27-18(26)9(2)3)12(17(24)25)13-11(20)7-10(19)8-23-13;1-7(2)16(24)25-13-10(11-9(18)5-8(17)6-21-11)15(23)22-14-12(13)19-3-4-20-14;1-2-3;2-1-4-3;;;/h5-9H,4H2,1-3H3;3-7H,1-2H3,(H,20,22,23);2H2,1H3;1,3H;;;/q;;;;2*+1;-1/p-1. The first-order chi connectivity index (χ1) is 28.1. The molecule has 0 amide bonds. The molecule has 6 aromatic rings. The summed E-state index contributed by atoms with van der Waals surface area (Å²) >= 11 is 26.5. The molecule has 61 heavy (non-hydrogen) atoms.